The van der Waals surface area contributed by atoms with E-state index in [2.05, 4.69) is 34.0 Å². The van der Waals surface area contributed by atoms with E-state index in [1.807, 2.05) is 25.7 Å². The van der Waals surface area contributed by atoms with Gasteiger partial charge in [0.15, 0.2) is 0 Å². The standard InChI is InChI=1S/C17H27N3O2S/c1-13(14-5-10-23-12-14)19-6-8-20(9-7-19)15(21)11-18-16(22)17(2,3)4/h5,10,12-13H,6-9,11H2,1-4H3,(H,18,22). The fourth-order valence-electron chi connectivity index (χ4n) is 2.62. The van der Waals surface area contributed by atoms with E-state index in [1.165, 1.54) is 5.56 Å². The summed E-state index contributed by atoms with van der Waals surface area (Å²) >= 11 is 1.72. The highest BCUT2D eigenvalue weighted by atomic mass is 32.1. The predicted octanol–water partition coefficient (Wildman–Crippen LogP) is 2.12. The molecule has 1 N–H and O–H groups in total. The van der Waals surface area contributed by atoms with E-state index in [-0.39, 0.29) is 18.4 Å². The number of hydrogen-bond donors (Lipinski definition) is 1. The minimum atomic E-state index is -0.463. The third-order valence-corrected chi connectivity index (χ3v) is 5.02. The summed E-state index contributed by atoms with van der Waals surface area (Å²) in [5.41, 5.74) is 0.877. The van der Waals surface area contributed by atoms with Crippen molar-refractivity contribution in [3.05, 3.63) is 22.4 Å². The van der Waals surface area contributed by atoms with Crippen LogP contribution in [0.25, 0.3) is 0 Å². The molecule has 2 heterocycles. The molecule has 0 spiro atoms. The Hall–Kier alpha value is -1.40. The number of rotatable bonds is 4. The molecular formula is C17H27N3O2S. The van der Waals surface area contributed by atoms with E-state index in [0.717, 1.165) is 26.2 Å². The molecule has 1 aliphatic rings. The lowest BCUT2D eigenvalue weighted by Gasteiger charge is -2.38. The van der Waals surface area contributed by atoms with Gasteiger partial charge in [0, 0.05) is 37.6 Å². The first kappa shape index (κ1) is 17.9. The fourth-order valence-corrected chi connectivity index (χ4v) is 3.36. The Kier molecular flexibility index (Phi) is 5.81. The highest BCUT2D eigenvalue weighted by molar-refractivity contribution is 7.07. The Labute approximate surface area is 142 Å². The van der Waals surface area contributed by atoms with Crippen LogP contribution in [0.3, 0.4) is 0 Å². The molecule has 6 heteroatoms. The molecule has 1 unspecified atom stereocenters. The van der Waals surface area contributed by atoms with Crippen LogP contribution in [0.15, 0.2) is 16.8 Å². The van der Waals surface area contributed by atoms with Gasteiger partial charge in [-0.1, -0.05) is 20.8 Å². The molecule has 23 heavy (non-hydrogen) atoms. The molecule has 0 aliphatic carbocycles. The molecule has 5 nitrogen and oxygen atoms in total. The summed E-state index contributed by atoms with van der Waals surface area (Å²) in [5, 5.41) is 7.02. The monoisotopic (exact) mass is 337 g/mol. The van der Waals surface area contributed by atoms with Crippen LogP contribution in [-0.2, 0) is 9.59 Å². The van der Waals surface area contributed by atoms with Gasteiger partial charge in [0.05, 0.1) is 6.54 Å². The van der Waals surface area contributed by atoms with Gasteiger partial charge in [0.25, 0.3) is 0 Å². The van der Waals surface area contributed by atoms with E-state index in [1.54, 1.807) is 11.3 Å². The maximum atomic E-state index is 12.2. The van der Waals surface area contributed by atoms with Crippen LogP contribution in [-0.4, -0.2) is 54.3 Å². The van der Waals surface area contributed by atoms with Crippen molar-refractivity contribution >= 4 is 23.2 Å². The highest BCUT2D eigenvalue weighted by Crippen LogP contribution is 2.23. The normalized spacial score (nSPS) is 17.8. The van der Waals surface area contributed by atoms with Crippen molar-refractivity contribution in [2.75, 3.05) is 32.7 Å². The number of carbonyl (C=O) groups is 2. The van der Waals surface area contributed by atoms with E-state index in [9.17, 15) is 9.59 Å². The first-order valence-corrected chi connectivity index (χ1v) is 9.05. The molecule has 1 aliphatic heterocycles. The summed E-state index contributed by atoms with van der Waals surface area (Å²) in [4.78, 5) is 28.3. The number of amides is 2. The maximum absolute atomic E-state index is 12.2. The molecule has 1 fully saturated rings. The van der Waals surface area contributed by atoms with Crippen molar-refractivity contribution in [3.63, 3.8) is 0 Å². The first-order valence-electron chi connectivity index (χ1n) is 8.11. The van der Waals surface area contributed by atoms with E-state index in [0.29, 0.717) is 6.04 Å². The lowest BCUT2D eigenvalue weighted by molar-refractivity contribution is -0.136. The van der Waals surface area contributed by atoms with E-state index >= 15 is 0 Å². The Bertz CT molecular complexity index is 529. The van der Waals surface area contributed by atoms with Crippen molar-refractivity contribution in [2.45, 2.75) is 33.7 Å². The van der Waals surface area contributed by atoms with E-state index in [4.69, 9.17) is 0 Å². The van der Waals surface area contributed by atoms with Gasteiger partial charge in [-0.05, 0) is 29.3 Å². The zero-order valence-electron chi connectivity index (χ0n) is 14.5. The minimum absolute atomic E-state index is 0.00503. The molecular weight excluding hydrogens is 310 g/mol. The molecule has 1 atom stereocenters. The second kappa shape index (κ2) is 7.45. The molecule has 0 bridgehead atoms. The molecule has 2 amide bonds. The fraction of sp³-hybridized carbons (Fsp3) is 0.647. The van der Waals surface area contributed by atoms with E-state index < -0.39 is 5.41 Å². The second-order valence-electron chi connectivity index (χ2n) is 7.08. The second-order valence-corrected chi connectivity index (χ2v) is 7.86. The SMILES string of the molecule is CC(c1ccsc1)N1CCN(C(=O)CNC(=O)C(C)(C)C)CC1. The van der Waals surface area contributed by atoms with Gasteiger partial charge in [-0.15, -0.1) is 0 Å². The molecule has 1 aromatic rings. The third-order valence-electron chi connectivity index (χ3n) is 4.32. The number of nitrogens with one attached hydrogen (secondary N) is 1. The van der Waals surface area contributed by atoms with Gasteiger partial charge in [-0.2, -0.15) is 11.3 Å². The van der Waals surface area contributed by atoms with Gasteiger partial charge in [0.2, 0.25) is 11.8 Å². The Morgan fingerprint density at radius 1 is 1.26 bits per heavy atom. The van der Waals surface area contributed by atoms with Crippen LogP contribution in [0.2, 0.25) is 0 Å². The van der Waals surface area contributed by atoms with Crippen LogP contribution in [0.1, 0.15) is 39.3 Å². The minimum Gasteiger partial charge on any atom is -0.347 e. The number of carbonyl (C=O) groups excluding carboxylic acids is 2. The lowest BCUT2D eigenvalue weighted by atomic mass is 9.96. The average Bonchev–Trinajstić information content (AvgIpc) is 3.05. The maximum Gasteiger partial charge on any atom is 0.242 e. The Balaban J connectivity index is 1.78. The van der Waals surface area contributed by atoms with Crippen LogP contribution in [0, 0.1) is 5.41 Å². The van der Waals surface area contributed by atoms with Gasteiger partial charge in [0.1, 0.15) is 0 Å². The zero-order chi connectivity index (χ0) is 17.0. The van der Waals surface area contributed by atoms with Crippen LogP contribution >= 0.6 is 11.3 Å². The molecule has 128 valence electrons. The summed E-state index contributed by atoms with van der Waals surface area (Å²) in [5.74, 6) is -0.0824. The number of piperazine rings is 1. The number of nitrogens with zero attached hydrogens (tertiary/aromatic N) is 2. The van der Waals surface area contributed by atoms with Crippen molar-refractivity contribution < 1.29 is 9.59 Å². The Morgan fingerprint density at radius 3 is 2.43 bits per heavy atom. The molecule has 1 aromatic heterocycles. The van der Waals surface area contributed by atoms with Gasteiger partial charge < -0.3 is 10.2 Å². The van der Waals surface area contributed by atoms with Gasteiger partial charge in [-0.3, -0.25) is 14.5 Å². The molecule has 0 saturated carbocycles. The molecule has 2 rings (SSSR count). The topological polar surface area (TPSA) is 52.6 Å². The van der Waals surface area contributed by atoms with Crippen LogP contribution in [0.4, 0.5) is 0 Å². The Morgan fingerprint density at radius 2 is 1.91 bits per heavy atom. The molecule has 1 saturated heterocycles. The summed E-state index contributed by atoms with van der Waals surface area (Å²) in [6.45, 7) is 11.0. The van der Waals surface area contributed by atoms with Crippen LogP contribution < -0.4 is 5.32 Å². The quantitative estimate of drug-likeness (QED) is 0.915. The van der Waals surface area contributed by atoms with Gasteiger partial charge >= 0.3 is 0 Å². The van der Waals surface area contributed by atoms with Crippen molar-refractivity contribution in [1.29, 1.82) is 0 Å². The summed E-state index contributed by atoms with van der Waals surface area (Å²) in [6.07, 6.45) is 0. The van der Waals surface area contributed by atoms with Crippen molar-refractivity contribution in [3.8, 4) is 0 Å². The third kappa shape index (κ3) is 4.78. The first-order chi connectivity index (χ1) is 10.8. The summed E-state index contributed by atoms with van der Waals surface area (Å²) in [7, 11) is 0. The predicted molar refractivity (Wildman–Crippen MR) is 93.4 cm³/mol. The van der Waals surface area contributed by atoms with Crippen molar-refractivity contribution in [2.24, 2.45) is 5.41 Å². The zero-order valence-corrected chi connectivity index (χ0v) is 15.3. The molecule has 0 radical (unpaired) electrons. The number of thiophene rings is 1. The smallest absolute Gasteiger partial charge is 0.242 e. The summed E-state index contributed by atoms with van der Waals surface area (Å²) < 4.78 is 0. The lowest BCUT2D eigenvalue weighted by Crippen LogP contribution is -2.52. The number of hydrogen-bond acceptors (Lipinski definition) is 4. The average molecular weight is 337 g/mol. The largest absolute Gasteiger partial charge is 0.347 e. The van der Waals surface area contributed by atoms with Crippen molar-refractivity contribution in [1.82, 2.24) is 15.1 Å². The van der Waals surface area contributed by atoms with Gasteiger partial charge in [-0.25, -0.2) is 0 Å². The highest BCUT2D eigenvalue weighted by Gasteiger charge is 2.26. The van der Waals surface area contributed by atoms with Crippen LogP contribution in [0.5, 0.6) is 0 Å². The summed E-state index contributed by atoms with van der Waals surface area (Å²) in [6, 6.07) is 2.55. The molecule has 0 aromatic carbocycles.